The van der Waals surface area contributed by atoms with E-state index in [2.05, 4.69) is 27.1 Å². The van der Waals surface area contributed by atoms with E-state index in [0.29, 0.717) is 0 Å². The highest BCUT2D eigenvalue weighted by Crippen LogP contribution is 2.22. The van der Waals surface area contributed by atoms with Crippen molar-refractivity contribution in [2.75, 3.05) is 66.0 Å². The molecule has 3 saturated heterocycles. The zero-order chi connectivity index (χ0) is 13.1. The summed E-state index contributed by atoms with van der Waals surface area (Å²) in [5.74, 6) is 0.922. The quantitative estimate of drug-likeness (QED) is 0.793. The predicted molar refractivity (Wildman–Crippen MR) is 79.5 cm³/mol. The van der Waals surface area contributed by atoms with Gasteiger partial charge >= 0.3 is 0 Å². The van der Waals surface area contributed by atoms with E-state index in [-0.39, 0.29) is 0 Å². The van der Waals surface area contributed by atoms with Crippen LogP contribution >= 0.6 is 0 Å². The van der Waals surface area contributed by atoms with Crippen molar-refractivity contribution in [3.05, 3.63) is 0 Å². The fourth-order valence-electron chi connectivity index (χ4n) is 3.88. The lowest BCUT2D eigenvalue weighted by Gasteiger charge is -2.34. The van der Waals surface area contributed by atoms with Crippen LogP contribution in [0.4, 0.5) is 0 Å². The maximum absolute atomic E-state index is 3.56. The van der Waals surface area contributed by atoms with Gasteiger partial charge in [0.05, 0.1) is 0 Å². The van der Waals surface area contributed by atoms with Gasteiger partial charge in [-0.05, 0) is 45.3 Å². The molecule has 0 bridgehead atoms. The molecular formula is C15H30N4. The van der Waals surface area contributed by atoms with Crippen LogP contribution in [-0.4, -0.2) is 86.7 Å². The molecule has 0 spiro atoms. The lowest BCUT2D eigenvalue weighted by atomic mass is 10.1. The van der Waals surface area contributed by atoms with Crippen LogP contribution in [0.5, 0.6) is 0 Å². The van der Waals surface area contributed by atoms with Gasteiger partial charge in [0, 0.05) is 51.9 Å². The molecule has 4 nitrogen and oxygen atoms in total. The third-order valence-electron chi connectivity index (χ3n) is 5.22. The molecule has 3 heterocycles. The summed E-state index contributed by atoms with van der Waals surface area (Å²) in [7, 11) is 2.24. The molecule has 0 radical (unpaired) electrons. The van der Waals surface area contributed by atoms with Crippen LogP contribution in [0.1, 0.15) is 19.3 Å². The standard InChI is InChI=1S/C15H30N4/c1-17-7-9-18(10-8-17)12-14-4-6-19(13-14)15-3-2-5-16-11-15/h14-16H,2-13H2,1H3. The summed E-state index contributed by atoms with van der Waals surface area (Å²) in [5.41, 5.74) is 0. The van der Waals surface area contributed by atoms with E-state index in [9.17, 15) is 0 Å². The zero-order valence-corrected chi connectivity index (χ0v) is 12.5. The number of likely N-dealkylation sites (tertiary alicyclic amines) is 1. The molecule has 1 N–H and O–H groups in total. The molecule has 0 amide bonds. The minimum atomic E-state index is 0.825. The summed E-state index contributed by atoms with van der Waals surface area (Å²) in [5, 5.41) is 3.56. The number of piperazine rings is 1. The van der Waals surface area contributed by atoms with Gasteiger partial charge < -0.3 is 15.1 Å². The highest BCUT2D eigenvalue weighted by molar-refractivity contribution is 4.86. The van der Waals surface area contributed by atoms with Crippen molar-refractivity contribution in [1.29, 1.82) is 0 Å². The van der Waals surface area contributed by atoms with E-state index in [0.717, 1.165) is 12.0 Å². The third kappa shape index (κ3) is 3.69. The number of piperidine rings is 1. The Labute approximate surface area is 118 Å². The van der Waals surface area contributed by atoms with Crippen LogP contribution in [0, 0.1) is 5.92 Å². The second-order valence-electron chi connectivity index (χ2n) is 6.75. The summed E-state index contributed by atoms with van der Waals surface area (Å²) in [4.78, 5) is 7.89. The van der Waals surface area contributed by atoms with Gasteiger partial charge in [-0.15, -0.1) is 0 Å². The Morgan fingerprint density at radius 2 is 1.89 bits per heavy atom. The number of likely N-dealkylation sites (N-methyl/N-ethyl adjacent to an activating group) is 1. The number of hydrogen-bond donors (Lipinski definition) is 1. The molecule has 3 rings (SSSR count). The fourth-order valence-corrected chi connectivity index (χ4v) is 3.88. The predicted octanol–water partition coefficient (Wildman–Crippen LogP) is 0.308. The summed E-state index contributed by atoms with van der Waals surface area (Å²) < 4.78 is 0. The third-order valence-corrected chi connectivity index (χ3v) is 5.22. The van der Waals surface area contributed by atoms with Crippen molar-refractivity contribution in [2.24, 2.45) is 5.92 Å². The van der Waals surface area contributed by atoms with Gasteiger partial charge in [0.25, 0.3) is 0 Å². The number of hydrogen-bond acceptors (Lipinski definition) is 4. The van der Waals surface area contributed by atoms with Crippen molar-refractivity contribution < 1.29 is 0 Å². The second kappa shape index (κ2) is 6.53. The molecule has 3 aliphatic heterocycles. The van der Waals surface area contributed by atoms with Crippen molar-refractivity contribution in [2.45, 2.75) is 25.3 Å². The highest BCUT2D eigenvalue weighted by Gasteiger charge is 2.30. The van der Waals surface area contributed by atoms with Crippen LogP contribution in [0.25, 0.3) is 0 Å². The van der Waals surface area contributed by atoms with E-state index >= 15 is 0 Å². The van der Waals surface area contributed by atoms with Crippen molar-refractivity contribution in [3.63, 3.8) is 0 Å². The lowest BCUT2D eigenvalue weighted by Crippen LogP contribution is -2.47. The molecule has 0 aromatic rings. The molecule has 2 atom stereocenters. The minimum Gasteiger partial charge on any atom is -0.315 e. The average Bonchev–Trinajstić information content (AvgIpc) is 2.91. The van der Waals surface area contributed by atoms with Gasteiger partial charge in [-0.1, -0.05) is 0 Å². The molecule has 0 aliphatic carbocycles. The van der Waals surface area contributed by atoms with Crippen LogP contribution in [0.2, 0.25) is 0 Å². The first kappa shape index (κ1) is 13.8. The molecule has 0 aromatic heterocycles. The van der Waals surface area contributed by atoms with Crippen molar-refractivity contribution in [3.8, 4) is 0 Å². The van der Waals surface area contributed by atoms with Crippen molar-refractivity contribution >= 4 is 0 Å². The van der Waals surface area contributed by atoms with Crippen LogP contribution < -0.4 is 5.32 Å². The van der Waals surface area contributed by atoms with Crippen LogP contribution in [0.15, 0.2) is 0 Å². The first-order chi connectivity index (χ1) is 9.31. The summed E-state index contributed by atoms with van der Waals surface area (Å²) >= 11 is 0. The lowest BCUT2D eigenvalue weighted by molar-refractivity contribution is 0.131. The number of nitrogens with one attached hydrogen (secondary N) is 1. The van der Waals surface area contributed by atoms with Crippen molar-refractivity contribution in [1.82, 2.24) is 20.0 Å². The molecule has 0 saturated carbocycles. The van der Waals surface area contributed by atoms with E-state index in [1.54, 1.807) is 0 Å². The van der Waals surface area contributed by atoms with Gasteiger partial charge in [0.15, 0.2) is 0 Å². The zero-order valence-electron chi connectivity index (χ0n) is 12.5. The first-order valence-corrected chi connectivity index (χ1v) is 8.17. The number of rotatable bonds is 3. The van der Waals surface area contributed by atoms with Gasteiger partial charge in [-0.3, -0.25) is 4.90 Å². The molecule has 4 heteroatoms. The minimum absolute atomic E-state index is 0.825. The Bertz CT molecular complexity index is 269. The Morgan fingerprint density at radius 1 is 1.05 bits per heavy atom. The van der Waals surface area contributed by atoms with E-state index in [1.807, 2.05) is 0 Å². The molecule has 3 fully saturated rings. The maximum Gasteiger partial charge on any atom is 0.0221 e. The average molecular weight is 266 g/mol. The van der Waals surface area contributed by atoms with E-state index < -0.39 is 0 Å². The van der Waals surface area contributed by atoms with Gasteiger partial charge in [-0.25, -0.2) is 0 Å². The molecule has 110 valence electrons. The second-order valence-corrected chi connectivity index (χ2v) is 6.75. The normalized spacial score (nSPS) is 35.8. The van der Waals surface area contributed by atoms with Gasteiger partial charge in [-0.2, -0.15) is 0 Å². The molecule has 19 heavy (non-hydrogen) atoms. The maximum atomic E-state index is 3.56. The molecule has 0 aromatic carbocycles. The smallest absolute Gasteiger partial charge is 0.0221 e. The monoisotopic (exact) mass is 266 g/mol. The summed E-state index contributed by atoms with van der Waals surface area (Å²) in [6, 6.07) is 0.825. The van der Waals surface area contributed by atoms with Crippen LogP contribution in [0.3, 0.4) is 0 Å². The first-order valence-electron chi connectivity index (χ1n) is 8.17. The molecule has 3 aliphatic rings. The summed E-state index contributed by atoms with van der Waals surface area (Å²) in [6.45, 7) is 11.5. The molecule has 2 unspecified atom stereocenters. The van der Waals surface area contributed by atoms with Gasteiger partial charge in [0.1, 0.15) is 0 Å². The Kier molecular flexibility index (Phi) is 4.74. The Hall–Kier alpha value is -0.160. The number of nitrogens with zero attached hydrogens (tertiary/aromatic N) is 3. The summed E-state index contributed by atoms with van der Waals surface area (Å²) in [6.07, 6.45) is 4.20. The topological polar surface area (TPSA) is 21.8 Å². The van der Waals surface area contributed by atoms with E-state index in [4.69, 9.17) is 0 Å². The SMILES string of the molecule is CN1CCN(CC2CCN(C3CCCNC3)C2)CC1. The Morgan fingerprint density at radius 3 is 2.63 bits per heavy atom. The van der Waals surface area contributed by atoms with E-state index in [1.165, 1.54) is 78.2 Å². The van der Waals surface area contributed by atoms with Crippen LogP contribution in [-0.2, 0) is 0 Å². The highest BCUT2D eigenvalue weighted by atomic mass is 15.3. The fraction of sp³-hybridized carbons (Fsp3) is 1.00. The largest absolute Gasteiger partial charge is 0.315 e. The molecular weight excluding hydrogens is 236 g/mol. The Balaban J connectivity index is 1.41. The van der Waals surface area contributed by atoms with Gasteiger partial charge in [0.2, 0.25) is 0 Å².